The monoisotopic (exact) mass is 414 g/mol. The first kappa shape index (κ1) is 21.7. The average Bonchev–Trinajstić information content (AvgIpc) is 3.10. The first-order valence-electron chi connectivity index (χ1n) is 10.4. The van der Waals surface area contributed by atoms with E-state index in [1.165, 1.54) is 24.3 Å². The third-order valence-corrected chi connectivity index (χ3v) is 5.58. The molecule has 0 spiro atoms. The molecule has 1 saturated heterocycles. The molecule has 1 fully saturated rings. The SMILES string of the molecule is CCOC(=O)c1c(C)[nH]c(C(=O)C(=O)N2CCCC[C@@H]2CC)c1-c1ccc(F)cc1. The molecule has 1 aliphatic heterocycles. The van der Waals surface area contributed by atoms with Crippen molar-refractivity contribution in [3.05, 3.63) is 47.0 Å². The highest BCUT2D eigenvalue weighted by Crippen LogP contribution is 2.32. The number of aromatic nitrogens is 1. The highest BCUT2D eigenvalue weighted by molar-refractivity contribution is 6.43. The molecule has 1 N–H and O–H groups in total. The van der Waals surface area contributed by atoms with Gasteiger partial charge < -0.3 is 14.6 Å². The van der Waals surface area contributed by atoms with E-state index in [0.717, 1.165) is 25.7 Å². The van der Waals surface area contributed by atoms with Crippen LogP contribution >= 0.6 is 0 Å². The molecule has 0 radical (unpaired) electrons. The van der Waals surface area contributed by atoms with E-state index in [9.17, 15) is 18.8 Å². The molecule has 1 aromatic carbocycles. The summed E-state index contributed by atoms with van der Waals surface area (Å²) in [5.41, 5.74) is 1.38. The first-order valence-corrected chi connectivity index (χ1v) is 10.4. The number of nitrogens with one attached hydrogen (secondary N) is 1. The van der Waals surface area contributed by atoms with E-state index in [1.54, 1.807) is 18.7 Å². The van der Waals surface area contributed by atoms with E-state index in [0.29, 0.717) is 17.8 Å². The molecule has 0 aliphatic carbocycles. The molecule has 7 heteroatoms. The molecule has 2 heterocycles. The lowest BCUT2D eigenvalue weighted by Gasteiger charge is -2.34. The van der Waals surface area contributed by atoms with Gasteiger partial charge in [-0.15, -0.1) is 0 Å². The number of ketones is 1. The number of halogens is 1. The zero-order chi connectivity index (χ0) is 21.8. The molecule has 2 aromatic rings. The summed E-state index contributed by atoms with van der Waals surface area (Å²) < 4.78 is 18.6. The van der Waals surface area contributed by atoms with Crippen LogP contribution in [-0.4, -0.2) is 46.7 Å². The fourth-order valence-corrected chi connectivity index (χ4v) is 4.09. The van der Waals surface area contributed by atoms with E-state index in [4.69, 9.17) is 4.74 Å². The summed E-state index contributed by atoms with van der Waals surface area (Å²) in [6.07, 6.45) is 3.55. The number of benzene rings is 1. The number of nitrogens with zero attached hydrogens (tertiary/aromatic N) is 1. The summed E-state index contributed by atoms with van der Waals surface area (Å²) in [5, 5.41) is 0. The highest BCUT2D eigenvalue weighted by atomic mass is 19.1. The van der Waals surface area contributed by atoms with E-state index < -0.39 is 23.5 Å². The Bertz CT molecular complexity index is 949. The average molecular weight is 414 g/mol. The normalized spacial score (nSPS) is 16.4. The van der Waals surface area contributed by atoms with Crippen molar-refractivity contribution < 1.29 is 23.5 Å². The zero-order valence-electron chi connectivity index (χ0n) is 17.6. The Morgan fingerprint density at radius 3 is 2.50 bits per heavy atom. The Kier molecular flexibility index (Phi) is 6.70. The number of piperidine rings is 1. The van der Waals surface area contributed by atoms with E-state index >= 15 is 0 Å². The molecular formula is C23H27FN2O4. The lowest BCUT2D eigenvalue weighted by molar-refractivity contribution is -0.130. The Morgan fingerprint density at radius 1 is 1.17 bits per heavy atom. The van der Waals surface area contributed by atoms with Gasteiger partial charge in [0.05, 0.1) is 12.2 Å². The predicted octanol–water partition coefficient (Wildman–Crippen LogP) is 4.28. The number of esters is 1. The number of aryl methyl sites for hydroxylation is 1. The van der Waals surface area contributed by atoms with Crippen molar-refractivity contribution in [1.82, 2.24) is 9.88 Å². The summed E-state index contributed by atoms with van der Waals surface area (Å²) in [6.45, 7) is 6.05. The summed E-state index contributed by atoms with van der Waals surface area (Å²) in [4.78, 5) is 43.5. The number of Topliss-reactive ketones (excluding diaryl/α,β-unsaturated/α-hetero) is 1. The second-order valence-electron chi connectivity index (χ2n) is 7.49. The van der Waals surface area contributed by atoms with Crippen molar-refractivity contribution in [3.8, 4) is 11.1 Å². The van der Waals surface area contributed by atoms with Crippen molar-refractivity contribution in [2.45, 2.75) is 52.5 Å². The number of amides is 1. The van der Waals surface area contributed by atoms with Gasteiger partial charge in [-0.3, -0.25) is 9.59 Å². The summed E-state index contributed by atoms with van der Waals surface area (Å²) >= 11 is 0. The van der Waals surface area contributed by atoms with E-state index in [1.807, 2.05) is 6.92 Å². The standard InChI is InChI=1S/C23H27FN2O4/c1-4-17-8-6-7-13-26(17)22(28)21(27)20-19(15-9-11-16(24)12-10-15)18(14(3)25-20)23(29)30-5-2/h9-12,17,25H,4-8,13H2,1-3H3/t17-/m0/s1. The number of aromatic amines is 1. The topological polar surface area (TPSA) is 79.5 Å². The van der Waals surface area contributed by atoms with Gasteiger partial charge in [-0.1, -0.05) is 19.1 Å². The molecule has 0 saturated carbocycles. The molecule has 0 unspecified atom stereocenters. The van der Waals surface area contributed by atoms with Gasteiger partial charge in [-0.05, 0) is 57.2 Å². The van der Waals surface area contributed by atoms with Gasteiger partial charge in [-0.2, -0.15) is 0 Å². The van der Waals surface area contributed by atoms with Gasteiger partial charge in [-0.25, -0.2) is 9.18 Å². The van der Waals surface area contributed by atoms with E-state index in [2.05, 4.69) is 4.98 Å². The Hall–Kier alpha value is -2.96. The predicted molar refractivity (Wildman–Crippen MR) is 111 cm³/mol. The summed E-state index contributed by atoms with van der Waals surface area (Å²) in [6, 6.07) is 5.50. The lowest BCUT2D eigenvalue weighted by atomic mass is 9.96. The zero-order valence-corrected chi connectivity index (χ0v) is 17.6. The molecule has 1 aliphatic rings. The number of carbonyl (C=O) groups is 3. The third-order valence-electron chi connectivity index (χ3n) is 5.58. The van der Waals surface area contributed by atoms with Gasteiger partial charge in [0.25, 0.3) is 11.7 Å². The van der Waals surface area contributed by atoms with Gasteiger partial charge in [0.2, 0.25) is 0 Å². The second-order valence-corrected chi connectivity index (χ2v) is 7.49. The van der Waals surface area contributed by atoms with Crippen LogP contribution in [0, 0.1) is 12.7 Å². The number of hydrogen-bond donors (Lipinski definition) is 1. The van der Waals surface area contributed by atoms with Crippen LogP contribution in [0.5, 0.6) is 0 Å². The minimum absolute atomic E-state index is 0.0325. The number of likely N-dealkylation sites (tertiary alicyclic amines) is 1. The van der Waals surface area contributed by atoms with Crippen LogP contribution in [0.15, 0.2) is 24.3 Å². The molecule has 1 atom stereocenters. The number of H-pyrrole nitrogens is 1. The van der Waals surface area contributed by atoms with Crippen molar-refractivity contribution in [3.63, 3.8) is 0 Å². The first-order chi connectivity index (χ1) is 14.4. The van der Waals surface area contributed by atoms with Crippen molar-refractivity contribution >= 4 is 17.7 Å². The summed E-state index contributed by atoms with van der Waals surface area (Å²) in [7, 11) is 0. The molecule has 1 amide bonds. The van der Waals surface area contributed by atoms with Crippen LogP contribution < -0.4 is 0 Å². The maximum Gasteiger partial charge on any atom is 0.340 e. The van der Waals surface area contributed by atoms with Gasteiger partial charge >= 0.3 is 5.97 Å². The third kappa shape index (κ3) is 4.15. The molecular weight excluding hydrogens is 387 g/mol. The van der Waals surface area contributed by atoms with Crippen molar-refractivity contribution in [1.29, 1.82) is 0 Å². The maximum atomic E-state index is 13.5. The lowest BCUT2D eigenvalue weighted by Crippen LogP contribution is -2.46. The van der Waals surface area contributed by atoms with Crippen molar-refractivity contribution in [2.75, 3.05) is 13.2 Å². The molecule has 160 valence electrons. The van der Waals surface area contributed by atoms with Crippen molar-refractivity contribution in [2.24, 2.45) is 0 Å². The van der Waals surface area contributed by atoms with Gasteiger partial charge in [0.15, 0.2) is 0 Å². The smallest absolute Gasteiger partial charge is 0.340 e. The van der Waals surface area contributed by atoms with E-state index in [-0.39, 0.29) is 29.5 Å². The fraction of sp³-hybridized carbons (Fsp3) is 0.435. The van der Waals surface area contributed by atoms with Gasteiger partial charge in [0, 0.05) is 23.8 Å². The molecule has 0 bridgehead atoms. The second kappa shape index (κ2) is 9.24. The Morgan fingerprint density at radius 2 is 1.87 bits per heavy atom. The number of ether oxygens (including phenoxy) is 1. The maximum absolute atomic E-state index is 13.5. The molecule has 3 rings (SSSR count). The summed E-state index contributed by atoms with van der Waals surface area (Å²) in [5.74, 6) is -2.32. The fourth-order valence-electron chi connectivity index (χ4n) is 4.09. The van der Waals surface area contributed by atoms with Crippen LogP contribution in [0.3, 0.4) is 0 Å². The van der Waals surface area contributed by atoms with Crippen LogP contribution in [-0.2, 0) is 9.53 Å². The van der Waals surface area contributed by atoms with Crippen LogP contribution in [0.2, 0.25) is 0 Å². The quantitative estimate of drug-likeness (QED) is 0.435. The highest BCUT2D eigenvalue weighted by Gasteiger charge is 2.34. The number of hydrogen-bond acceptors (Lipinski definition) is 4. The number of carbonyl (C=O) groups excluding carboxylic acids is 3. The van der Waals surface area contributed by atoms with Gasteiger partial charge in [0.1, 0.15) is 11.5 Å². The number of rotatable bonds is 6. The molecule has 6 nitrogen and oxygen atoms in total. The Balaban J connectivity index is 2.08. The largest absolute Gasteiger partial charge is 0.462 e. The van der Waals surface area contributed by atoms with Crippen LogP contribution in [0.25, 0.3) is 11.1 Å². The minimum Gasteiger partial charge on any atom is -0.462 e. The molecule has 1 aromatic heterocycles. The molecule has 30 heavy (non-hydrogen) atoms. The Labute approximate surface area is 175 Å². The van der Waals surface area contributed by atoms with Crippen LogP contribution in [0.4, 0.5) is 4.39 Å². The van der Waals surface area contributed by atoms with Crippen LogP contribution in [0.1, 0.15) is 66.1 Å². The minimum atomic E-state index is -0.701.